The van der Waals surface area contributed by atoms with Crippen LogP contribution in [0.15, 0.2) is 27.6 Å². The van der Waals surface area contributed by atoms with Crippen molar-refractivity contribution in [1.29, 1.82) is 0 Å². The van der Waals surface area contributed by atoms with Gasteiger partial charge in [-0.1, -0.05) is 13.0 Å². The summed E-state index contributed by atoms with van der Waals surface area (Å²) in [6.07, 6.45) is 3.19. The molecule has 0 unspecified atom stereocenters. The highest BCUT2D eigenvalue weighted by Gasteiger charge is 1.97. The Labute approximate surface area is 80.5 Å². The number of aryl methyl sites for hydroxylation is 1. The summed E-state index contributed by atoms with van der Waals surface area (Å²) in [7, 11) is 0. The van der Waals surface area contributed by atoms with E-state index >= 15 is 0 Å². The minimum atomic E-state index is 1.10. The molecule has 0 aliphatic heterocycles. The minimum Gasteiger partial charge on any atom is -0.128 e. The van der Waals surface area contributed by atoms with Crippen molar-refractivity contribution < 1.29 is 0 Å². The maximum Gasteiger partial charge on any atom is 0.0313 e. The average Bonchev–Trinajstić information content (AvgIpc) is 2.04. The van der Waals surface area contributed by atoms with Crippen molar-refractivity contribution in [2.24, 2.45) is 0 Å². The molecule has 2 heteroatoms. The van der Waals surface area contributed by atoms with Gasteiger partial charge in [0.25, 0.3) is 0 Å². The molecule has 0 aromatic heterocycles. The molecule has 0 heterocycles. The van der Waals surface area contributed by atoms with Gasteiger partial charge in [0.1, 0.15) is 0 Å². The lowest BCUT2D eigenvalue weighted by Gasteiger charge is -2.02. The maximum atomic E-state index is 3.53. The van der Waals surface area contributed by atoms with Crippen LogP contribution in [0, 0.1) is 0 Å². The van der Waals surface area contributed by atoms with Gasteiger partial charge in [-0.15, -0.1) is 11.8 Å². The zero-order valence-electron chi connectivity index (χ0n) is 6.73. The van der Waals surface area contributed by atoms with E-state index < -0.39 is 0 Å². The molecule has 1 aromatic carbocycles. The van der Waals surface area contributed by atoms with E-state index in [-0.39, 0.29) is 0 Å². The van der Waals surface area contributed by atoms with Crippen LogP contribution < -0.4 is 0 Å². The van der Waals surface area contributed by atoms with E-state index in [1.165, 1.54) is 14.9 Å². The number of hydrogen-bond acceptors (Lipinski definition) is 1. The Morgan fingerprint density at radius 3 is 2.64 bits per heavy atom. The van der Waals surface area contributed by atoms with Crippen molar-refractivity contribution >= 4 is 27.7 Å². The van der Waals surface area contributed by atoms with E-state index in [9.17, 15) is 0 Å². The van der Waals surface area contributed by atoms with E-state index in [0.717, 1.165) is 6.42 Å². The average molecular weight is 231 g/mol. The molecule has 0 nitrogen and oxygen atoms in total. The quantitative estimate of drug-likeness (QED) is 0.699. The van der Waals surface area contributed by atoms with Gasteiger partial charge in [0.05, 0.1) is 0 Å². The Hall–Kier alpha value is 0.0500. The van der Waals surface area contributed by atoms with Gasteiger partial charge in [-0.25, -0.2) is 0 Å². The summed E-state index contributed by atoms with van der Waals surface area (Å²) in [5.74, 6) is 0. The lowest BCUT2D eigenvalue weighted by Crippen LogP contribution is -1.80. The maximum absolute atomic E-state index is 3.53. The second-order valence-electron chi connectivity index (χ2n) is 2.32. The molecule has 0 amide bonds. The molecular formula is C9H11BrS. The van der Waals surface area contributed by atoms with Crippen LogP contribution in [-0.4, -0.2) is 6.26 Å². The third-order valence-corrected chi connectivity index (χ3v) is 3.34. The van der Waals surface area contributed by atoms with Crippen LogP contribution >= 0.6 is 27.7 Å². The van der Waals surface area contributed by atoms with Crippen molar-refractivity contribution in [2.45, 2.75) is 18.2 Å². The molecule has 0 saturated carbocycles. The first kappa shape index (κ1) is 9.14. The fraction of sp³-hybridized carbons (Fsp3) is 0.333. The van der Waals surface area contributed by atoms with Gasteiger partial charge < -0.3 is 0 Å². The fourth-order valence-corrected chi connectivity index (χ4v) is 2.30. The van der Waals surface area contributed by atoms with Crippen LogP contribution in [0.3, 0.4) is 0 Å². The molecule has 1 rings (SSSR count). The van der Waals surface area contributed by atoms with Crippen molar-refractivity contribution in [3.63, 3.8) is 0 Å². The Bertz CT molecular complexity index is 245. The minimum absolute atomic E-state index is 1.10. The molecule has 0 fully saturated rings. The molecule has 0 radical (unpaired) electrons. The monoisotopic (exact) mass is 230 g/mol. The first-order valence-corrected chi connectivity index (χ1v) is 5.62. The topological polar surface area (TPSA) is 0 Å². The van der Waals surface area contributed by atoms with Gasteiger partial charge in [-0.05, 0) is 46.3 Å². The molecule has 0 aliphatic carbocycles. The SMILES string of the molecule is CCc1ccc(SC)c(Br)c1. The summed E-state index contributed by atoms with van der Waals surface area (Å²) in [4.78, 5) is 1.31. The highest BCUT2D eigenvalue weighted by molar-refractivity contribution is 9.10. The van der Waals surface area contributed by atoms with E-state index in [1.54, 1.807) is 11.8 Å². The predicted octanol–water partition coefficient (Wildman–Crippen LogP) is 3.73. The Balaban J connectivity index is 2.99. The van der Waals surface area contributed by atoms with Crippen LogP contribution in [0.5, 0.6) is 0 Å². The summed E-state index contributed by atoms with van der Waals surface area (Å²) in [5, 5.41) is 0. The first-order valence-electron chi connectivity index (χ1n) is 3.60. The van der Waals surface area contributed by atoms with Gasteiger partial charge in [-0.2, -0.15) is 0 Å². The van der Waals surface area contributed by atoms with Gasteiger partial charge in [-0.3, -0.25) is 0 Å². The van der Waals surface area contributed by atoms with Crippen LogP contribution in [0.4, 0.5) is 0 Å². The lowest BCUT2D eigenvalue weighted by molar-refractivity contribution is 1.12. The Morgan fingerprint density at radius 1 is 1.45 bits per heavy atom. The van der Waals surface area contributed by atoms with Gasteiger partial charge in [0, 0.05) is 9.37 Å². The number of thioether (sulfide) groups is 1. The van der Waals surface area contributed by atoms with E-state index in [2.05, 4.69) is 47.3 Å². The van der Waals surface area contributed by atoms with Crippen molar-refractivity contribution in [3.05, 3.63) is 28.2 Å². The standard InChI is InChI=1S/C9H11BrS/c1-3-7-4-5-9(11-2)8(10)6-7/h4-6H,3H2,1-2H3. The van der Waals surface area contributed by atoms with Crippen LogP contribution in [0.2, 0.25) is 0 Å². The second kappa shape index (κ2) is 4.17. The van der Waals surface area contributed by atoms with Crippen molar-refractivity contribution in [3.8, 4) is 0 Å². The summed E-state index contributed by atoms with van der Waals surface area (Å²) in [5.41, 5.74) is 1.38. The van der Waals surface area contributed by atoms with E-state index in [0.29, 0.717) is 0 Å². The molecular weight excluding hydrogens is 220 g/mol. The van der Waals surface area contributed by atoms with Crippen LogP contribution in [0.1, 0.15) is 12.5 Å². The molecule has 1 aromatic rings. The highest BCUT2D eigenvalue weighted by Crippen LogP contribution is 2.26. The fourth-order valence-electron chi connectivity index (χ4n) is 0.930. The number of hydrogen-bond donors (Lipinski definition) is 0. The number of benzene rings is 1. The van der Waals surface area contributed by atoms with Crippen LogP contribution in [0.25, 0.3) is 0 Å². The normalized spacial score (nSPS) is 10.1. The molecule has 0 bridgehead atoms. The molecule has 0 spiro atoms. The van der Waals surface area contributed by atoms with Crippen LogP contribution in [-0.2, 0) is 6.42 Å². The number of rotatable bonds is 2. The summed E-state index contributed by atoms with van der Waals surface area (Å²) in [6, 6.07) is 6.52. The van der Waals surface area contributed by atoms with Gasteiger partial charge >= 0.3 is 0 Å². The molecule has 0 N–H and O–H groups in total. The smallest absolute Gasteiger partial charge is 0.0313 e. The molecule has 60 valence electrons. The molecule has 0 atom stereocenters. The van der Waals surface area contributed by atoms with Gasteiger partial charge in [0.2, 0.25) is 0 Å². The zero-order valence-corrected chi connectivity index (χ0v) is 9.13. The zero-order chi connectivity index (χ0) is 8.27. The predicted molar refractivity (Wildman–Crippen MR) is 55.3 cm³/mol. The summed E-state index contributed by atoms with van der Waals surface area (Å²) >= 11 is 5.29. The Kier molecular flexibility index (Phi) is 3.46. The number of halogens is 1. The van der Waals surface area contributed by atoms with Crippen molar-refractivity contribution in [2.75, 3.05) is 6.26 Å². The highest BCUT2D eigenvalue weighted by atomic mass is 79.9. The van der Waals surface area contributed by atoms with Crippen molar-refractivity contribution in [1.82, 2.24) is 0 Å². The third-order valence-electron chi connectivity index (χ3n) is 1.62. The van der Waals surface area contributed by atoms with E-state index in [4.69, 9.17) is 0 Å². The third kappa shape index (κ3) is 2.24. The van der Waals surface area contributed by atoms with E-state index in [1.807, 2.05) is 0 Å². The molecule has 11 heavy (non-hydrogen) atoms. The lowest BCUT2D eigenvalue weighted by atomic mass is 10.2. The first-order chi connectivity index (χ1) is 5.27. The van der Waals surface area contributed by atoms with Gasteiger partial charge in [0.15, 0.2) is 0 Å². The molecule has 0 saturated heterocycles. The summed E-state index contributed by atoms with van der Waals surface area (Å²) in [6.45, 7) is 2.17. The summed E-state index contributed by atoms with van der Waals surface area (Å²) < 4.78 is 1.21. The Morgan fingerprint density at radius 2 is 2.18 bits per heavy atom. The second-order valence-corrected chi connectivity index (χ2v) is 4.02. The molecule has 0 aliphatic rings. The largest absolute Gasteiger partial charge is 0.128 e.